The first-order chi connectivity index (χ1) is 10.0. The van der Waals surface area contributed by atoms with Gasteiger partial charge in [-0.3, -0.25) is 4.79 Å². The van der Waals surface area contributed by atoms with Gasteiger partial charge in [-0.05, 0) is 19.1 Å². The van der Waals surface area contributed by atoms with Crippen molar-refractivity contribution in [2.75, 3.05) is 13.2 Å². The summed E-state index contributed by atoms with van der Waals surface area (Å²) in [5.74, 6) is -0.874. The molecule has 0 saturated heterocycles. The highest BCUT2D eigenvalue weighted by atomic mass is 35.5. The Morgan fingerprint density at radius 2 is 2.14 bits per heavy atom. The third kappa shape index (κ3) is 4.76. The molecule has 21 heavy (non-hydrogen) atoms. The van der Waals surface area contributed by atoms with Gasteiger partial charge in [-0.25, -0.2) is 0 Å². The Bertz CT molecular complexity index is 529. The zero-order valence-corrected chi connectivity index (χ0v) is 13.1. The first-order valence-electron chi connectivity index (χ1n) is 6.37. The van der Waals surface area contributed by atoms with Crippen molar-refractivity contribution in [1.82, 2.24) is 0 Å². The summed E-state index contributed by atoms with van der Waals surface area (Å²) in [5.41, 5.74) is 0.383. The van der Waals surface area contributed by atoms with E-state index < -0.39 is 11.9 Å². The van der Waals surface area contributed by atoms with Gasteiger partial charge >= 0.3 is 5.97 Å². The van der Waals surface area contributed by atoms with E-state index in [4.69, 9.17) is 32.7 Å². The second-order valence-electron chi connectivity index (χ2n) is 4.12. The summed E-state index contributed by atoms with van der Waals surface area (Å²) in [7, 11) is 0. The number of halogens is 2. The van der Waals surface area contributed by atoms with Crippen molar-refractivity contribution in [2.24, 2.45) is 0 Å². The minimum Gasteiger partial charge on any atom is -0.489 e. The molecule has 4 nitrogen and oxygen atoms in total. The lowest BCUT2D eigenvalue weighted by atomic mass is 9.96. The number of aldehydes is 1. The highest BCUT2D eigenvalue weighted by Gasteiger charge is 2.24. The van der Waals surface area contributed by atoms with Gasteiger partial charge in [0.05, 0.1) is 29.0 Å². The fraction of sp³-hybridized carbons (Fsp3) is 0.333. The Hall–Kier alpha value is -1.52. The fourth-order valence-electron chi connectivity index (χ4n) is 1.79. The van der Waals surface area contributed by atoms with Crippen LogP contribution in [0.5, 0.6) is 5.75 Å². The van der Waals surface area contributed by atoms with Crippen LogP contribution in [0.25, 0.3) is 0 Å². The zero-order chi connectivity index (χ0) is 15.8. The number of carbonyl (C=O) groups excluding carboxylic acids is 2. The van der Waals surface area contributed by atoms with Crippen LogP contribution in [0.1, 0.15) is 24.8 Å². The lowest BCUT2D eigenvalue weighted by molar-refractivity contribution is -0.144. The monoisotopic (exact) mass is 330 g/mol. The first-order valence-corrected chi connectivity index (χ1v) is 7.13. The van der Waals surface area contributed by atoms with Crippen LogP contribution in [0.3, 0.4) is 0 Å². The van der Waals surface area contributed by atoms with Crippen molar-refractivity contribution in [2.45, 2.75) is 19.3 Å². The second-order valence-corrected chi connectivity index (χ2v) is 4.91. The normalized spacial score (nSPS) is 11.6. The minimum atomic E-state index is -0.782. The summed E-state index contributed by atoms with van der Waals surface area (Å²) in [6.07, 6.45) is 2.07. The molecular weight excluding hydrogens is 315 g/mol. The standard InChI is InChI=1S/C15H16Cl2O4/c1-3-7-21-12-6-5-11(16)15(17)14(12)10(9-18)8-13(19)20-4-2/h3,5-6,9-10H,1,4,7-8H2,2H3. The van der Waals surface area contributed by atoms with E-state index in [1.165, 1.54) is 0 Å². The van der Waals surface area contributed by atoms with Gasteiger partial charge in [-0.1, -0.05) is 35.9 Å². The number of hydrogen-bond acceptors (Lipinski definition) is 4. The van der Waals surface area contributed by atoms with Crippen molar-refractivity contribution < 1.29 is 19.1 Å². The van der Waals surface area contributed by atoms with Crippen molar-refractivity contribution >= 4 is 35.5 Å². The van der Waals surface area contributed by atoms with Crippen LogP contribution in [0.2, 0.25) is 10.0 Å². The third-order valence-electron chi connectivity index (χ3n) is 2.68. The van der Waals surface area contributed by atoms with Gasteiger partial charge in [-0.15, -0.1) is 0 Å². The summed E-state index contributed by atoms with van der Waals surface area (Å²) in [6.45, 7) is 5.74. The predicted molar refractivity (Wildman–Crippen MR) is 82.2 cm³/mol. The maximum absolute atomic E-state index is 11.6. The number of carbonyl (C=O) groups is 2. The smallest absolute Gasteiger partial charge is 0.306 e. The number of rotatable bonds is 8. The SMILES string of the molecule is C=CCOc1ccc(Cl)c(Cl)c1C(C=O)CC(=O)OCC. The molecular formula is C15H16Cl2O4. The Labute approximate surface area is 133 Å². The van der Waals surface area contributed by atoms with Crippen LogP contribution in [-0.2, 0) is 14.3 Å². The molecule has 0 radical (unpaired) electrons. The van der Waals surface area contributed by atoms with Crippen molar-refractivity contribution in [3.63, 3.8) is 0 Å². The van der Waals surface area contributed by atoms with Gasteiger partial charge in [0.1, 0.15) is 18.6 Å². The quantitative estimate of drug-likeness (QED) is 0.413. The first kappa shape index (κ1) is 17.5. The molecule has 114 valence electrons. The average Bonchev–Trinajstić information content (AvgIpc) is 2.47. The predicted octanol–water partition coefficient (Wildman–Crippen LogP) is 3.79. The van der Waals surface area contributed by atoms with Crippen molar-refractivity contribution in [3.8, 4) is 5.75 Å². The fourth-order valence-corrected chi connectivity index (χ4v) is 2.25. The van der Waals surface area contributed by atoms with E-state index >= 15 is 0 Å². The molecule has 0 amide bonds. The molecule has 0 aliphatic rings. The van der Waals surface area contributed by atoms with Crippen molar-refractivity contribution in [1.29, 1.82) is 0 Å². The van der Waals surface area contributed by atoms with Crippen LogP contribution in [-0.4, -0.2) is 25.5 Å². The highest BCUT2D eigenvalue weighted by Crippen LogP contribution is 2.39. The largest absolute Gasteiger partial charge is 0.489 e. The molecule has 0 aromatic heterocycles. The van der Waals surface area contributed by atoms with E-state index in [-0.39, 0.29) is 29.7 Å². The van der Waals surface area contributed by atoms with Crippen LogP contribution in [0, 0.1) is 0 Å². The molecule has 0 fully saturated rings. The summed E-state index contributed by atoms with van der Waals surface area (Å²) in [4.78, 5) is 22.9. The Morgan fingerprint density at radius 3 is 2.71 bits per heavy atom. The maximum Gasteiger partial charge on any atom is 0.306 e. The molecule has 1 aromatic rings. The molecule has 0 bridgehead atoms. The van der Waals surface area contributed by atoms with Crippen LogP contribution >= 0.6 is 23.2 Å². The van der Waals surface area contributed by atoms with E-state index in [1.54, 1.807) is 25.1 Å². The van der Waals surface area contributed by atoms with Gasteiger partial charge in [0, 0.05) is 5.56 Å². The van der Waals surface area contributed by atoms with Crippen LogP contribution in [0.15, 0.2) is 24.8 Å². The van der Waals surface area contributed by atoms with E-state index in [1.807, 2.05) is 0 Å². The van der Waals surface area contributed by atoms with Gasteiger partial charge in [0.2, 0.25) is 0 Å². The lowest BCUT2D eigenvalue weighted by Gasteiger charge is -2.17. The van der Waals surface area contributed by atoms with Crippen LogP contribution < -0.4 is 4.74 Å². The molecule has 0 saturated carbocycles. The lowest BCUT2D eigenvalue weighted by Crippen LogP contribution is -2.13. The van der Waals surface area contributed by atoms with Gasteiger partial charge in [-0.2, -0.15) is 0 Å². The number of benzene rings is 1. The average molecular weight is 331 g/mol. The molecule has 0 aliphatic carbocycles. The Kier molecular flexibility index (Phi) is 7.26. The van der Waals surface area contributed by atoms with Gasteiger partial charge in [0.15, 0.2) is 0 Å². The summed E-state index contributed by atoms with van der Waals surface area (Å²) >= 11 is 12.1. The summed E-state index contributed by atoms with van der Waals surface area (Å²) in [5, 5.41) is 0.480. The van der Waals surface area contributed by atoms with Crippen molar-refractivity contribution in [3.05, 3.63) is 40.4 Å². The summed E-state index contributed by atoms with van der Waals surface area (Å²) < 4.78 is 10.3. The van der Waals surface area contributed by atoms with Gasteiger partial charge < -0.3 is 14.3 Å². The molecule has 0 aliphatic heterocycles. The third-order valence-corrected chi connectivity index (χ3v) is 3.50. The number of esters is 1. The van der Waals surface area contributed by atoms with E-state index in [9.17, 15) is 9.59 Å². The Balaban J connectivity index is 3.15. The van der Waals surface area contributed by atoms with E-state index in [2.05, 4.69) is 6.58 Å². The highest BCUT2D eigenvalue weighted by molar-refractivity contribution is 6.42. The molecule has 0 N–H and O–H groups in total. The van der Waals surface area contributed by atoms with E-state index in [0.717, 1.165) is 0 Å². The number of ether oxygens (including phenoxy) is 2. The molecule has 0 heterocycles. The zero-order valence-electron chi connectivity index (χ0n) is 11.6. The molecule has 1 aromatic carbocycles. The molecule has 1 rings (SSSR count). The molecule has 1 atom stereocenters. The molecule has 1 unspecified atom stereocenters. The number of hydrogen-bond donors (Lipinski definition) is 0. The van der Waals surface area contributed by atoms with Crippen LogP contribution in [0.4, 0.5) is 0 Å². The Morgan fingerprint density at radius 1 is 1.43 bits per heavy atom. The summed E-state index contributed by atoms with van der Waals surface area (Å²) in [6, 6.07) is 3.17. The molecule has 0 spiro atoms. The maximum atomic E-state index is 11.6. The molecule has 6 heteroatoms. The minimum absolute atomic E-state index is 0.123. The van der Waals surface area contributed by atoms with E-state index in [0.29, 0.717) is 17.6 Å². The van der Waals surface area contributed by atoms with Gasteiger partial charge in [0.25, 0.3) is 0 Å². The topological polar surface area (TPSA) is 52.6 Å². The second kappa shape index (κ2) is 8.70.